The quantitative estimate of drug-likeness (QED) is 0.720. The van der Waals surface area contributed by atoms with Gasteiger partial charge in [-0.1, -0.05) is 12.1 Å². The predicted octanol–water partition coefficient (Wildman–Crippen LogP) is 3.00. The van der Waals surface area contributed by atoms with Gasteiger partial charge in [-0.15, -0.1) is 0 Å². The van der Waals surface area contributed by atoms with E-state index in [0.29, 0.717) is 23.7 Å². The van der Waals surface area contributed by atoms with Crippen LogP contribution in [0.15, 0.2) is 55.0 Å². The molecule has 3 aromatic rings. The minimum Gasteiger partial charge on any atom is -0.508 e. The number of rotatable bonds is 4. The van der Waals surface area contributed by atoms with Gasteiger partial charge in [0.1, 0.15) is 11.6 Å². The molecule has 122 valence electrons. The lowest BCUT2D eigenvalue weighted by atomic mass is 10.1. The lowest BCUT2D eigenvalue weighted by Gasteiger charge is -2.05. The number of nitrogens with two attached hydrogens (primary N) is 1. The van der Waals surface area contributed by atoms with Crippen LogP contribution in [0.5, 0.6) is 5.75 Å². The van der Waals surface area contributed by atoms with Crippen molar-refractivity contribution in [3.8, 4) is 22.7 Å². The minimum absolute atomic E-state index is 0.195. The molecule has 0 fully saturated rings. The van der Waals surface area contributed by atoms with Crippen molar-refractivity contribution < 1.29 is 14.6 Å². The van der Waals surface area contributed by atoms with Crippen molar-refractivity contribution in [2.75, 3.05) is 12.3 Å². The highest BCUT2D eigenvalue weighted by Crippen LogP contribution is 2.29. The van der Waals surface area contributed by atoms with Crippen molar-refractivity contribution in [3.63, 3.8) is 0 Å². The topological polar surface area (TPSA) is 90.4 Å². The lowest BCUT2D eigenvalue weighted by Crippen LogP contribution is -2.06. The maximum absolute atomic E-state index is 11.8. The van der Waals surface area contributed by atoms with Crippen molar-refractivity contribution in [3.05, 3.63) is 60.6 Å². The van der Waals surface area contributed by atoms with E-state index in [1.807, 2.05) is 6.20 Å². The first-order chi connectivity index (χ1) is 11.6. The maximum Gasteiger partial charge on any atom is 0.338 e. The first-order valence-electron chi connectivity index (χ1n) is 7.49. The smallest absolute Gasteiger partial charge is 0.338 e. The van der Waals surface area contributed by atoms with E-state index in [1.54, 1.807) is 60.3 Å². The third-order valence-electron chi connectivity index (χ3n) is 3.56. The van der Waals surface area contributed by atoms with E-state index in [-0.39, 0.29) is 11.7 Å². The number of nitrogen functional groups attached to an aromatic ring is 1. The van der Waals surface area contributed by atoms with E-state index >= 15 is 0 Å². The molecule has 0 saturated carbocycles. The summed E-state index contributed by atoms with van der Waals surface area (Å²) in [6.07, 6.45) is 5.12. The Morgan fingerprint density at radius 3 is 2.71 bits per heavy atom. The molecule has 0 aliphatic carbocycles. The van der Waals surface area contributed by atoms with Crippen LogP contribution in [0.1, 0.15) is 17.3 Å². The first kappa shape index (κ1) is 15.6. The molecule has 6 heteroatoms. The van der Waals surface area contributed by atoms with E-state index < -0.39 is 0 Å². The number of anilines is 1. The number of aromatic nitrogens is 2. The molecule has 0 bridgehead atoms. The third-order valence-corrected chi connectivity index (χ3v) is 3.56. The van der Waals surface area contributed by atoms with Gasteiger partial charge < -0.3 is 20.1 Å². The molecule has 0 aliphatic heterocycles. The SMILES string of the molecule is CCOC(=O)c1ccnc(-n2cc(N)c(-c3ccc(O)cc3)c2)c1. The first-order valence-corrected chi connectivity index (χ1v) is 7.49. The summed E-state index contributed by atoms with van der Waals surface area (Å²) in [7, 11) is 0. The molecule has 0 saturated heterocycles. The molecule has 6 nitrogen and oxygen atoms in total. The monoisotopic (exact) mass is 323 g/mol. The van der Waals surface area contributed by atoms with Gasteiger partial charge in [-0.3, -0.25) is 0 Å². The molecular formula is C18H17N3O3. The Kier molecular flexibility index (Phi) is 4.20. The summed E-state index contributed by atoms with van der Waals surface area (Å²) in [6, 6.07) is 10.0. The highest BCUT2D eigenvalue weighted by molar-refractivity contribution is 5.89. The summed E-state index contributed by atoms with van der Waals surface area (Å²) >= 11 is 0. The molecule has 1 aromatic carbocycles. The average molecular weight is 323 g/mol. The van der Waals surface area contributed by atoms with Gasteiger partial charge in [-0.25, -0.2) is 9.78 Å². The summed E-state index contributed by atoms with van der Waals surface area (Å²) in [4.78, 5) is 16.1. The van der Waals surface area contributed by atoms with Gasteiger partial charge in [0.15, 0.2) is 0 Å². The third kappa shape index (κ3) is 3.08. The molecule has 24 heavy (non-hydrogen) atoms. The standard InChI is InChI=1S/C18H17N3O3/c1-2-24-18(23)13-7-8-20-17(9-13)21-10-15(16(19)11-21)12-3-5-14(22)6-4-12/h3-11,22H,2,19H2,1H3. The molecular weight excluding hydrogens is 306 g/mol. The van der Waals surface area contributed by atoms with Crippen LogP contribution in [0.4, 0.5) is 5.69 Å². The fourth-order valence-electron chi connectivity index (χ4n) is 2.39. The number of hydrogen-bond donors (Lipinski definition) is 2. The molecule has 0 atom stereocenters. The zero-order valence-electron chi connectivity index (χ0n) is 13.1. The number of pyridine rings is 1. The van der Waals surface area contributed by atoms with E-state index in [0.717, 1.165) is 11.1 Å². The fraction of sp³-hybridized carbons (Fsp3) is 0.111. The predicted molar refractivity (Wildman–Crippen MR) is 91.0 cm³/mol. The second kappa shape index (κ2) is 6.45. The van der Waals surface area contributed by atoms with Gasteiger partial charge in [-0.05, 0) is 36.8 Å². The van der Waals surface area contributed by atoms with Crippen LogP contribution in [-0.2, 0) is 4.74 Å². The highest BCUT2D eigenvalue weighted by Gasteiger charge is 2.11. The summed E-state index contributed by atoms with van der Waals surface area (Å²) in [5.41, 5.74) is 8.79. The number of nitrogens with zero attached hydrogens (tertiary/aromatic N) is 2. The van der Waals surface area contributed by atoms with Gasteiger partial charge in [-0.2, -0.15) is 0 Å². The molecule has 0 amide bonds. The molecule has 0 spiro atoms. The van der Waals surface area contributed by atoms with E-state index in [9.17, 15) is 9.90 Å². The molecule has 2 aromatic heterocycles. The van der Waals surface area contributed by atoms with E-state index in [1.165, 1.54) is 0 Å². The largest absolute Gasteiger partial charge is 0.508 e. The van der Waals surface area contributed by atoms with Crippen LogP contribution in [0.3, 0.4) is 0 Å². The van der Waals surface area contributed by atoms with Crippen molar-refractivity contribution in [1.82, 2.24) is 9.55 Å². The van der Waals surface area contributed by atoms with Gasteiger partial charge >= 0.3 is 5.97 Å². The Morgan fingerprint density at radius 2 is 2.00 bits per heavy atom. The van der Waals surface area contributed by atoms with Crippen LogP contribution in [0.25, 0.3) is 16.9 Å². The molecule has 3 rings (SSSR count). The molecule has 0 aliphatic rings. The van der Waals surface area contributed by atoms with Crippen molar-refractivity contribution in [2.24, 2.45) is 0 Å². The van der Waals surface area contributed by atoms with Crippen LogP contribution in [0, 0.1) is 0 Å². The van der Waals surface area contributed by atoms with Gasteiger partial charge in [0.05, 0.1) is 17.9 Å². The number of hydrogen-bond acceptors (Lipinski definition) is 5. The van der Waals surface area contributed by atoms with Crippen LogP contribution in [-0.4, -0.2) is 27.2 Å². The lowest BCUT2D eigenvalue weighted by molar-refractivity contribution is 0.0526. The van der Waals surface area contributed by atoms with E-state index in [2.05, 4.69) is 4.98 Å². The van der Waals surface area contributed by atoms with Crippen LogP contribution < -0.4 is 5.73 Å². The highest BCUT2D eigenvalue weighted by atomic mass is 16.5. The molecule has 0 unspecified atom stereocenters. The average Bonchev–Trinajstić information content (AvgIpc) is 2.98. The van der Waals surface area contributed by atoms with Gasteiger partial charge in [0, 0.05) is 24.2 Å². The molecule has 3 N–H and O–H groups in total. The van der Waals surface area contributed by atoms with Gasteiger partial charge in [0.25, 0.3) is 0 Å². The Bertz CT molecular complexity index is 869. The number of esters is 1. The number of phenols is 1. The summed E-state index contributed by atoms with van der Waals surface area (Å²) in [6.45, 7) is 2.08. The number of aromatic hydroxyl groups is 1. The van der Waals surface area contributed by atoms with Crippen LogP contribution in [0.2, 0.25) is 0 Å². The number of benzene rings is 1. The Hall–Kier alpha value is -3.28. The minimum atomic E-state index is -0.389. The summed E-state index contributed by atoms with van der Waals surface area (Å²) < 4.78 is 6.75. The number of phenolic OH excluding ortho intramolecular Hbond substituents is 1. The fourth-order valence-corrected chi connectivity index (χ4v) is 2.39. The van der Waals surface area contributed by atoms with Crippen LogP contribution >= 0.6 is 0 Å². The van der Waals surface area contributed by atoms with E-state index in [4.69, 9.17) is 10.5 Å². The van der Waals surface area contributed by atoms with Crippen molar-refractivity contribution >= 4 is 11.7 Å². The number of carbonyl (C=O) groups excluding carboxylic acids is 1. The van der Waals surface area contributed by atoms with Crippen molar-refractivity contribution in [2.45, 2.75) is 6.92 Å². The zero-order valence-corrected chi connectivity index (χ0v) is 13.1. The summed E-state index contributed by atoms with van der Waals surface area (Å²) in [5.74, 6) is 0.373. The molecule has 2 heterocycles. The number of carbonyl (C=O) groups is 1. The Morgan fingerprint density at radius 1 is 1.25 bits per heavy atom. The maximum atomic E-state index is 11.8. The second-order valence-electron chi connectivity index (χ2n) is 5.20. The number of ether oxygens (including phenoxy) is 1. The van der Waals surface area contributed by atoms with Gasteiger partial charge in [0.2, 0.25) is 0 Å². The molecule has 0 radical (unpaired) electrons. The zero-order chi connectivity index (χ0) is 17.1. The van der Waals surface area contributed by atoms with Crippen molar-refractivity contribution in [1.29, 1.82) is 0 Å². The normalized spacial score (nSPS) is 10.5. The second-order valence-corrected chi connectivity index (χ2v) is 5.20. The summed E-state index contributed by atoms with van der Waals surface area (Å²) in [5, 5.41) is 9.39. The Balaban J connectivity index is 1.96. The Labute approximate surface area is 139 Å².